The highest BCUT2D eigenvalue weighted by Gasteiger charge is 2.38. The normalized spacial score (nSPS) is 38.1. The Hall–Kier alpha value is 0.1000. The minimum atomic E-state index is -3.87. The average molecular weight is 219 g/mol. The fourth-order valence-electron chi connectivity index (χ4n) is 1.36. The Balaban J connectivity index is 2.69. The highest BCUT2D eigenvalue weighted by molar-refractivity contribution is 8.14. The summed E-state index contributed by atoms with van der Waals surface area (Å²) < 4.78 is 46.8. The second-order valence-corrected chi connectivity index (χ2v) is 5.79. The molecule has 1 fully saturated rings. The lowest BCUT2D eigenvalue weighted by Gasteiger charge is -2.25. The molecular formula is C6H9ClF2O2S. The Kier molecular flexibility index (Phi) is 2.93. The van der Waals surface area contributed by atoms with Gasteiger partial charge in [-0.2, -0.15) is 0 Å². The highest BCUT2D eigenvalue weighted by Crippen LogP contribution is 2.30. The molecule has 1 rings (SSSR count). The van der Waals surface area contributed by atoms with E-state index in [9.17, 15) is 17.2 Å². The van der Waals surface area contributed by atoms with E-state index in [1.807, 2.05) is 0 Å². The first-order valence-electron chi connectivity index (χ1n) is 3.63. The summed E-state index contributed by atoms with van der Waals surface area (Å²) in [6.07, 6.45) is -3.17. The summed E-state index contributed by atoms with van der Waals surface area (Å²) in [7, 11) is 1.10. The molecule has 72 valence electrons. The maximum Gasteiger partial charge on any atom is 0.238 e. The molecular weight excluding hydrogens is 210 g/mol. The molecule has 3 unspecified atom stereocenters. The van der Waals surface area contributed by atoms with Gasteiger partial charge in [-0.1, -0.05) is 0 Å². The molecule has 1 aliphatic carbocycles. The van der Waals surface area contributed by atoms with Gasteiger partial charge in [0.25, 0.3) is 0 Å². The smallest absolute Gasteiger partial charge is 0.238 e. The standard InChI is InChI=1S/C6H9ClF2O2S/c7-12(10,11)6-2-1-4(8)3-5(6)9/h4-6H,1-3H2. The van der Waals surface area contributed by atoms with Gasteiger partial charge in [-0.25, -0.2) is 17.2 Å². The first kappa shape index (κ1) is 10.2. The highest BCUT2D eigenvalue weighted by atomic mass is 35.7. The van der Waals surface area contributed by atoms with Crippen molar-refractivity contribution in [3.63, 3.8) is 0 Å². The zero-order valence-electron chi connectivity index (χ0n) is 6.21. The Morgan fingerprint density at radius 2 is 1.83 bits per heavy atom. The van der Waals surface area contributed by atoms with Crippen LogP contribution in [0.1, 0.15) is 19.3 Å². The van der Waals surface area contributed by atoms with Gasteiger partial charge in [0.05, 0.1) is 0 Å². The van der Waals surface area contributed by atoms with Crippen LogP contribution in [0.15, 0.2) is 0 Å². The van der Waals surface area contributed by atoms with Gasteiger partial charge in [0.2, 0.25) is 9.05 Å². The summed E-state index contributed by atoms with van der Waals surface area (Å²) in [5, 5.41) is -1.22. The third-order valence-electron chi connectivity index (χ3n) is 2.01. The van der Waals surface area contributed by atoms with Crippen LogP contribution >= 0.6 is 10.7 Å². The molecule has 3 atom stereocenters. The van der Waals surface area contributed by atoms with Gasteiger partial charge in [0, 0.05) is 17.1 Å². The lowest BCUT2D eigenvalue weighted by Crippen LogP contribution is -2.35. The van der Waals surface area contributed by atoms with E-state index in [1.54, 1.807) is 0 Å². The lowest BCUT2D eigenvalue weighted by molar-refractivity contribution is 0.162. The van der Waals surface area contributed by atoms with E-state index in [0.29, 0.717) is 0 Å². The lowest BCUT2D eigenvalue weighted by atomic mass is 9.97. The first-order valence-corrected chi connectivity index (χ1v) is 6.00. The first-order chi connectivity index (χ1) is 5.41. The molecule has 0 bridgehead atoms. The molecule has 0 aromatic rings. The van der Waals surface area contributed by atoms with Crippen LogP contribution in [0.5, 0.6) is 0 Å². The molecule has 0 heterocycles. The number of hydrogen-bond donors (Lipinski definition) is 0. The van der Waals surface area contributed by atoms with Crippen molar-refractivity contribution in [2.45, 2.75) is 36.9 Å². The largest absolute Gasteiger partial charge is 0.247 e. The number of halogens is 3. The second kappa shape index (κ2) is 3.46. The third kappa shape index (κ3) is 2.29. The van der Waals surface area contributed by atoms with Crippen LogP contribution < -0.4 is 0 Å². The molecule has 0 N–H and O–H groups in total. The van der Waals surface area contributed by atoms with Crippen LogP contribution in [0.25, 0.3) is 0 Å². The topological polar surface area (TPSA) is 34.1 Å². The summed E-state index contributed by atoms with van der Waals surface area (Å²) >= 11 is 0. The van der Waals surface area contributed by atoms with Crippen molar-refractivity contribution in [1.29, 1.82) is 0 Å². The quantitative estimate of drug-likeness (QED) is 0.629. The average Bonchev–Trinajstić information content (AvgIpc) is 1.83. The zero-order chi connectivity index (χ0) is 9.35. The molecule has 0 radical (unpaired) electrons. The molecule has 1 aliphatic rings. The molecule has 0 aliphatic heterocycles. The van der Waals surface area contributed by atoms with Crippen molar-refractivity contribution in [2.75, 3.05) is 0 Å². The van der Waals surface area contributed by atoms with Gasteiger partial charge in [-0.3, -0.25) is 0 Å². The summed E-state index contributed by atoms with van der Waals surface area (Å²) in [5.74, 6) is 0. The summed E-state index contributed by atoms with van der Waals surface area (Å²) in [5.41, 5.74) is 0. The fraction of sp³-hybridized carbons (Fsp3) is 1.00. The summed E-state index contributed by atoms with van der Waals surface area (Å²) in [4.78, 5) is 0. The molecule has 0 aromatic carbocycles. The van der Waals surface area contributed by atoms with Crippen molar-refractivity contribution in [3.05, 3.63) is 0 Å². The number of alkyl halides is 2. The van der Waals surface area contributed by atoms with Crippen LogP contribution in [0, 0.1) is 0 Å². The van der Waals surface area contributed by atoms with Gasteiger partial charge >= 0.3 is 0 Å². The molecule has 0 spiro atoms. The molecule has 12 heavy (non-hydrogen) atoms. The molecule has 2 nitrogen and oxygen atoms in total. The maximum absolute atomic E-state index is 12.9. The monoisotopic (exact) mass is 218 g/mol. The van der Waals surface area contributed by atoms with E-state index < -0.39 is 26.6 Å². The Labute approximate surface area is 74.3 Å². The van der Waals surface area contributed by atoms with Gasteiger partial charge < -0.3 is 0 Å². The maximum atomic E-state index is 12.9. The van der Waals surface area contributed by atoms with E-state index in [1.165, 1.54) is 0 Å². The predicted molar refractivity (Wildman–Crippen MR) is 42.2 cm³/mol. The molecule has 0 aromatic heterocycles. The predicted octanol–water partition coefficient (Wildman–Crippen LogP) is 1.78. The minimum Gasteiger partial charge on any atom is -0.247 e. The van der Waals surface area contributed by atoms with Crippen LogP contribution in [0.2, 0.25) is 0 Å². The van der Waals surface area contributed by atoms with Gasteiger partial charge in [-0.05, 0) is 12.8 Å². The van der Waals surface area contributed by atoms with Gasteiger partial charge in [0.1, 0.15) is 17.6 Å². The van der Waals surface area contributed by atoms with E-state index in [4.69, 9.17) is 10.7 Å². The summed E-state index contributed by atoms with van der Waals surface area (Å²) in [6.45, 7) is 0. The molecule has 0 saturated heterocycles. The van der Waals surface area contributed by atoms with E-state index in [0.717, 1.165) is 0 Å². The van der Waals surface area contributed by atoms with E-state index >= 15 is 0 Å². The van der Waals surface area contributed by atoms with Crippen LogP contribution in [-0.2, 0) is 9.05 Å². The van der Waals surface area contributed by atoms with Gasteiger partial charge in [0.15, 0.2) is 0 Å². The van der Waals surface area contributed by atoms with E-state index in [-0.39, 0.29) is 19.3 Å². The molecule has 0 amide bonds. The molecule has 1 saturated carbocycles. The van der Waals surface area contributed by atoms with Crippen LogP contribution in [-0.4, -0.2) is 26.0 Å². The van der Waals surface area contributed by atoms with Crippen molar-refractivity contribution >= 4 is 19.7 Å². The second-order valence-electron chi connectivity index (χ2n) is 2.94. The number of hydrogen-bond acceptors (Lipinski definition) is 2. The van der Waals surface area contributed by atoms with E-state index in [2.05, 4.69) is 0 Å². The minimum absolute atomic E-state index is 0.0197. The van der Waals surface area contributed by atoms with Crippen LogP contribution in [0.3, 0.4) is 0 Å². The van der Waals surface area contributed by atoms with Crippen molar-refractivity contribution in [2.24, 2.45) is 0 Å². The van der Waals surface area contributed by atoms with Crippen molar-refractivity contribution < 1.29 is 17.2 Å². The van der Waals surface area contributed by atoms with Gasteiger partial charge in [-0.15, -0.1) is 0 Å². The SMILES string of the molecule is O=S(=O)(Cl)C1CCC(F)CC1F. The third-order valence-corrected chi connectivity index (χ3v) is 3.95. The van der Waals surface area contributed by atoms with Crippen molar-refractivity contribution in [3.8, 4) is 0 Å². The fourth-order valence-corrected chi connectivity index (χ4v) is 2.84. The van der Waals surface area contributed by atoms with Crippen LogP contribution in [0.4, 0.5) is 8.78 Å². The molecule has 6 heteroatoms. The van der Waals surface area contributed by atoms with Crippen molar-refractivity contribution in [1.82, 2.24) is 0 Å². The Morgan fingerprint density at radius 1 is 1.25 bits per heavy atom. The number of rotatable bonds is 1. The zero-order valence-corrected chi connectivity index (χ0v) is 7.78. The Bertz CT molecular complexity index is 254. The summed E-state index contributed by atoms with van der Waals surface area (Å²) in [6, 6.07) is 0. The Morgan fingerprint density at radius 3 is 2.25 bits per heavy atom.